The van der Waals surface area contributed by atoms with E-state index in [1.165, 1.54) is 19.2 Å². The van der Waals surface area contributed by atoms with E-state index in [9.17, 15) is 33.3 Å². The number of esters is 1. The molecule has 1 aliphatic heterocycles. The lowest BCUT2D eigenvalue weighted by Gasteiger charge is -2.42. The fourth-order valence-corrected chi connectivity index (χ4v) is 4.32. The highest BCUT2D eigenvalue weighted by molar-refractivity contribution is 6.30. The number of aromatic nitrogens is 5. The first-order valence-electron chi connectivity index (χ1n) is 11.1. The number of halogens is 4. The molecule has 37 heavy (non-hydrogen) atoms. The van der Waals surface area contributed by atoms with Crippen LogP contribution in [0.2, 0.25) is 5.02 Å². The predicted molar refractivity (Wildman–Crippen MR) is 120 cm³/mol. The average Bonchev–Trinajstić information content (AvgIpc) is 3.46. The van der Waals surface area contributed by atoms with Crippen molar-refractivity contribution in [1.29, 1.82) is 0 Å². The standard InChI is InChI=1S/C22H23ClF3N5O6/c1-3-36-21(35)13-6-7-30(29-13)16-17(33)15(9-32)37-19(18(16)34)20-27-10(2)28-31(20)14-8-11(23)4-5-12(14)22(24,25)26/h4-8,15-19,32-34H,3,9H2,1-2H3/t15?,16-,17-,18?,19+/m0/s1. The Hall–Kier alpha value is -3.04. The van der Waals surface area contributed by atoms with Gasteiger partial charge in [0.15, 0.2) is 11.5 Å². The number of hydrogen-bond acceptors (Lipinski definition) is 9. The molecule has 2 unspecified atom stereocenters. The van der Waals surface area contributed by atoms with Crippen LogP contribution in [0, 0.1) is 6.92 Å². The Morgan fingerprint density at radius 1 is 1.22 bits per heavy atom. The second-order valence-electron chi connectivity index (χ2n) is 8.24. The molecule has 3 N–H and O–H groups in total. The van der Waals surface area contributed by atoms with Gasteiger partial charge in [0.25, 0.3) is 0 Å². The number of aliphatic hydroxyl groups excluding tert-OH is 3. The van der Waals surface area contributed by atoms with Gasteiger partial charge in [-0.3, -0.25) is 4.68 Å². The van der Waals surface area contributed by atoms with Gasteiger partial charge in [-0.05, 0) is 38.1 Å². The lowest BCUT2D eigenvalue weighted by molar-refractivity contribution is -0.210. The molecule has 0 spiro atoms. The van der Waals surface area contributed by atoms with Crippen molar-refractivity contribution in [3.8, 4) is 5.69 Å². The third-order valence-electron chi connectivity index (χ3n) is 5.78. The molecule has 0 saturated carbocycles. The quantitative estimate of drug-likeness (QED) is 0.396. The highest BCUT2D eigenvalue weighted by Crippen LogP contribution is 2.40. The largest absolute Gasteiger partial charge is 0.461 e. The minimum absolute atomic E-state index is 0.00298. The van der Waals surface area contributed by atoms with E-state index < -0.39 is 60.5 Å². The molecule has 2 aromatic heterocycles. The number of nitrogens with zero attached hydrogens (tertiary/aromatic N) is 5. The molecule has 0 aliphatic carbocycles. The van der Waals surface area contributed by atoms with Crippen LogP contribution in [0.25, 0.3) is 5.69 Å². The van der Waals surface area contributed by atoms with Gasteiger partial charge in [-0.25, -0.2) is 14.5 Å². The molecule has 3 aromatic rings. The van der Waals surface area contributed by atoms with E-state index >= 15 is 0 Å². The van der Waals surface area contributed by atoms with Crippen LogP contribution in [0.4, 0.5) is 13.2 Å². The average molecular weight is 546 g/mol. The number of alkyl halides is 3. The van der Waals surface area contributed by atoms with Crippen LogP contribution in [0.3, 0.4) is 0 Å². The molecule has 3 heterocycles. The minimum Gasteiger partial charge on any atom is -0.461 e. The van der Waals surface area contributed by atoms with Crippen molar-refractivity contribution >= 4 is 17.6 Å². The van der Waals surface area contributed by atoms with Crippen LogP contribution in [-0.4, -0.2) is 77.4 Å². The number of benzene rings is 1. The van der Waals surface area contributed by atoms with Gasteiger partial charge in [0.05, 0.1) is 24.5 Å². The zero-order valence-corrected chi connectivity index (χ0v) is 20.3. The predicted octanol–water partition coefficient (Wildman–Crippen LogP) is 2.02. The van der Waals surface area contributed by atoms with Crippen molar-refractivity contribution < 1.29 is 42.8 Å². The Morgan fingerprint density at radius 3 is 2.59 bits per heavy atom. The van der Waals surface area contributed by atoms with Crippen molar-refractivity contribution in [1.82, 2.24) is 24.5 Å². The van der Waals surface area contributed by atoms with Gasteiger partial charge in [0.1, 0.15) is 36.3 Å². The summed E-state index contributed by atoms with van der Waals surface area (Å²) in [7, 11) is 0. The van der Waals surface area contributed by atoms with E-state index in [0.29, 0.717) is 0 Å². The molecule has 1 saturated heterocycles. The van der Waals surface area contributed by atoms with Gasteiger partial charge in [-0.1, -0.05) is 11.6 Å². The molecular weight excluding hydrogens is 523 g/mol. The van der Waals surface area contributed by atoms with Crippen molar-refractivity contribution in [3.05, 3.63) is 58.4 Å². The summed E-state index contributed by atoms with van der Waals surface area (Å²) in [5, 5.41) is 40.1. The summed E-state index contributed by atoms with van der Waals surface area (Å²) in [6, 6.07) is 2.94. The van der Waals surface area contributed by atoms with Crippen LogP contribution >= 0.6 is 11.6 Å². The lowest BCUT2D eigenvalue weighted by Crippen LogP contribution is -2.53. The summed E-state index contributed by atoms with van der Waals surface area (Å²) in [5.74, 6) is -0.903. The fraction of sp³-hybridized carbons (Fsp3) is 0.455. The Labute approximate surface area is 213 Å². The minimum atomic E-state index is -4.77. The van der Waals surface area contributed by atoms with Gasteiger partial charge < -0.3 is 24.8 Å². The molecule has 0 radical (unpaired) electrons. The monoisotopic (exact) mass is 545 g/mol. The zero-order chi connectivity index (χ0) is 27.1. The first kappa shape index (κ1) is 27.0. The molecule has 1 fully saturated rings. The second-order valence-corrected chi connectivity index (χ2v) is 8.68. The van der Waals surface area contributed by atoms with Crippen LogP contribution in [0.1, 0.15) is 46.8 Å². The van der Waals surface area contributed by atoms with E-state index in [4.69, 9.17) is 21.1 Å². The van der Waals surface area contributed by atoms with Crippen LogP contribution in [-0.2, 0) is 15.7 Å². The summed E-state index contributed by atoms with van der Waals surface area (Å²) in [6.45, 7) is 2.44. The van der Waals surface area contributed by atoms with Gasteiger partial charge in [-0.2, -0.15) is 23.4 Å². The molecule has 0 amide bonds. The highest BCUT2D eigenvalue weighted by atomic mass is 35.5. The molecular formula is C22H23ClF3N5O6. The van der Waals surface area contributed by atoms with Gasteiger partial charge in [0.2, 0.25) is 0 Å². The number of aryl methyl sites for hydroxylation is 1. The van der Waals surface area contributed by atoms with Crippen LogP contribution < -0.4 is 0 Å². The van der Waals surface area contributed by atoms with Gasteiger partial charge in [-0.15, -0.1) is 0 Å². The maximum atomic E-state index is 13.8. The zero-order valence-electron chi connectivity index (χ0n) is 19.5. The van der Waals surface area contributed by atoms with E-state index in [1.54, 1.807) is 6.92 Å². The Kier molecular flexibility index (Phi) is 7.57. The fourth-order valence-electron chi connectivity index (χ4n) is 4.16. The van der Waals surface area contributed by atoms with Crippen molar-refractivity contribution in [2.24, 2.45) is 0 Å². The summed E-state index contributed by atoms with van der Waals surface area (Å²) in [5.41, 5.74) is -1.62. The van der Waals surface area contributed by atoms with Crippen molar-refractivity contribution in [2.45, 2.75) is 50.5 Å². The van der Waals surface area contributed by atoms with Crippen LogP contribution in [0.15, 0.2) is 30.5 Å². The number of aliphatic hydroxyl groups is 3. The molecule has 1 aliphatic rings. The normalized spacial score (nSPS) is 24.3. The number of rotatable bonds is 6. The molecule has 200 valence electrons. The van der Waals surface area contributed by atoms with E-state index in [1.807, 2.05) is 0 Å². The Morgan fingerprint density at radius 2 is 1.95 bits per heavy atom. The third-order valence-corrected chi connectivity index (χ3v) is 6.01. The lowest BCUT2D eigenvalue weighted by atomic mass is 9.92. The van der Waals surface area contributed by atoms with Gasteiger partial charge in [0, 0.05) is 11.2 Å². The van der Waals surface area contributed by atoms with Crippen LogP contribution in [0.5, 0.6) is 0 Å². The number of carbonyl (C=O) groups is 1. The third kappa shape index (κ3) is 5.20. The summed E-state index contributed by atoms with van der Waals surface area (Å²) in [4.78, 5) is 16.2. The Bertz CT molecular complexity index is 1280. The molecule has 5 atom stereocenters. The molecule has 11 nitrogen and oxygen atoms in total. The summed E-state index contributed by atoms with van der Waals surface area (Å²) in [6.07, 6.45) is -9.38. The highest BCUT2D eigenvalue weighted by Gasteiger charge is 2.48. The maximum absolute atomic E-state index is 13.8. The Balaban J connectivity index is 1.80. The molecule has 1 aromatic carbocycles. The van der Waals surface area contributed by atoms with Crippen molar-refractivity contribution in [2.75, 3.05) is 13.2 Å². The topological polar surface area (TPSA) is 145 Å². The molecule has 4 rings (SSSR count). The number of carbonyl (C=O) groups excluding carboxylic acids is 1. The maximum Gasteiger partial charge on any atom is 0.418 e. The first-order chi connectivity index (χ1) is 17.5. The van der Waals surface area contributed by atoms with E-state index in [-0.39, 0.29) is 29.0 Å². The second kappa shape index (κ2) is 10.4. The van der Waals surface area contributed by atoms with Crippen molar-refractivity contribution in [3.63, 3.8) is 0 Å². The molecule has 15 heteroatoms. The van der Waals surface area contributed by atoms with E-state index in [0.717, 1.165) is 27.6 Å². The van der Waals surface area contributed by atoms with Gasteiger partial charge >= 0.3 is 12.1 Å². The number of ether oxygens (including phenoxy) is 2. The van der Waals surface area contributed by atoms with E-state index in [2.05, 4.69) is 15.2 Å². The molecule has 0 bridgehead atoms. The summed E-state index contributed by atoms with van der Waals surface area (Å²) < 4.78 is 54.0. The SMILES string of the molecule is CCOC(=O)c1ccn([C@@H]2C(O)[C@H](c3nc(C)nn3-c3cc(Cl)ccc3C(F)(F)F)OC(CO)[C@@H]2O)n1. The first-order valence-corrected chi connectivity index (χ1v) is 11.5. The summed E-state index contributed by atoms with van der Waals surface area (Å²) >= 11 is 5.98. The smallest absolute Gasteiger partial charge is 0.418 e. The number of hydrogen-bond donors (Lipinski definition) is 3.